The number of carbonyl (C=O) groups excluding carboxylic acids is 3. The fourth-order valence-electron chi connectivity index (χ4n) is 8.52. The van der Waals surface area contributed by atoms with Crippen molar-refractivity contribution in [2.24, 2.45) is 4.99 Å². The number of nitrogens with one attached hydrogen (secondary N) is 2. The van der Waals surface area contributed by atoms with Gasteiger partial charge in [0.15, 0.2) is 23.0 Å². The molecule has 4 heterocycles. The van der Waals surface area contributed by atoms with Gasteiger partial charge in [0.2, 0.25) is 5.91 Å². The third-order valence-electron chi connectivity index (χ3n) is 11.2. The molecule has 0 saturated carbocycles. The minimum atomic E-state index is -0.516. The zero-order chi connectivity index (χ0) is 41.7. The summed E-state index contributed by atoms with van der Waals surface area (Å²) in [4.78, 5) is 49.4. The summed E-state index contributed by atoms with van der Waals surface area (Å²) >= 11 is 4.56. The fraction of sp³-hybridized carbons (Fsp3) is 0.277. The second-order valence-corrected chi connectivity index (χ2v) is 17.3. The summed E-state index contributed by atoms with van der Waals surface area (Å²) in [6, 6.07) is 28.3. The Hall–Kier alpha value is -6.47. The number of para-hydroxylation sites is 2. The van der Waals surface area contributed by atoms with E-state index in [0.29, 0.717) is 64.2 Å². The number of anilines is 4. The number of rotatable bonds is 11. The fourth-order valence-corrected chi connectivity index (χ4v) is 8.67. The Morgan fingerprint density at radius 1 is 0.783 bits per heavy atom. The zero-order valence-electron chi connectivity index (χ0n) is 33.8. The molecule has 2 N–H and O–H groups in total. The maximum Gasteiger partial charge on any atom is 0.261 e. The van der Waals surface area contributed by atoms with E-state index in [1.807, 2.05) is 91.7 Å². The number of nitrogens with zero attached hydrogens (tertiary/aromatic N) is 3. The summed E-state index contributed by atoms with van der Waals surface area (Å²) in [5, 5.41) is 6.50. The monoisotopic (exact) mass is 823 g/mol. The minimum Gasteiger partial charge on any atom is -0.493 e. The highest BCUT2D eigenvalue weighted by Crippen LogP contribution is 2.43. The molecule has 0 saturated heterocycles. The summed E-state index contributed by atoms with van der Waals surface area (Å²) in [5.74, 6) is 1.23. The Balaban J connectivity index is 0.972. The predicted octanol–water partition coefficient (Wildman–Crippen LogP) is 8.18. The van der Waals surface area contributed by atoms with Crippen LogP contribution in [0.25, 0.3) is 0 Å². The summed E-state index contributed by atoms with van der Waals surface area (Å²) in [6.07, 6.45) is 3.48. The topological polar surface area (TPSA) is 131 Å². The second kappa shape index (κ2) is 15.6. The quantitative estimate of drug-likeness (QED) is 0.114. The summed E-state index contributed by atoms with van der Waals surface area (Å²) in [7, 11) is 3.08. The van der Waals surface area contributed by atoms with Gasteiger partial charge in [-0.05, 0) is 71.1 Å². The van der Waals surface area contributed by atoms with Gasteiger partial charge in [-0.3, -0.25) is 24.3 Å². The number of carbonyl (C=O) groups is 3. The number of fused-ring (bicyclic) bond motifs is 8. The molecule has 4 aliphatic rings. The molecule has 306 valence electrons. The molecule has 9 rings (SSSR count). The number of aliphatic imine (C=N–C) groups is 1. The van der Waals surface area contributed by atoms with Crippen LogP contribution in [0.15, 0.2) is 96.0 Å². The first-order valence-electron chi connectivity index (χ1n) is 19.9. The highest BCUT2D eigenvalue weighted by atomic mass is 32.1. The largest absolute Gasteiger partial charge is 0.493 e. The summed E-state index contributed by atoms with van der Waals surface area (Å²) in [5.41, 5.74) is 8.20. The molecule has 4 aliphatic heterocycles. The van der Waals surface area contributed by atoms with Gasteiger partial charge < -0.3 is 34.5 Å². The normalized spacial score (nSPS) is 17.2. The second-order valence-electron chi connectivity index (χ2n) is 16.1. The maximum absolute atomic E-state index is 14.0. The molecule has 5 aromatic rings. The van der Waals surface area contributed by atoms with Gasteiger partial charge in [0, 0.05) is 59.5 Å². The van der Waals surface area contributed by atoms with Crippen molar-refractivity contribution in [1.82, 2.24) is 0 Å². The van der Waals surface area contributed by atoms with Crippen molar-refractivity contribution in [1.29, 1.82) is 0 Å². The van der Waals surface area contributed by atoms with Crippen LogP contribution in [-0.4, -0.2) is 61.5 Å². The van der Waals surface area contributed by atoms with E-state index in [2.05, 4.69) is 29.3 Å². The number of amides is 3. The van der Waals surface area contributed by atoms with Gasteiger partial charge in [-0.15, -0.1) is 0 Å². The Bertz CT molecular complexity index is 2590. The first-order chi connectivity index (χ1) is 29.0. The smallest absolute Gasteiger partial charge is 0.261 e. The van der Waals surface area contributed by atoms with Crippen LogP contribution in [0.5, 0.6) is 23.0 Å². The SMILES string of the molecule is COc1cc2c(cc1OCc1cc(COc3cc4c(cc3OC)C(=O)N3c5ccccc5C[C@H]3CN4)cc(NC(=O)CC(C)(C)S)c1)N=CC1Cc3ccccc3N1C2=O. The Labute approximate surface area is 353 Å². The van der Waals surface area contributed by atoms with Gasteiger partial charge in [0.05, 0.1) is 48.8 Å². The number of benzene rings is 5. The van der Waals surface area contributed by atoms with Crippen LogP contribution >= 0.6 is 12.6 Å². The molecular weight excluding hydrogens is 779 g/mol. The maximum atomic E-state index is 14.0. The third kappa shape index (κ3) is 7.49. The molecule has 2 atom stereocenters. The Morgan fingerprint density at radius 2 is 1.38 bits per heavy atom. The highest BCUT2D eigenvalue weighted by molar-refractivity contribution is 7.81. The van der Waals surface area contributed by atoms with Crippen molar-refractivity contribution in [2.75, 3.05) is 41.2 Å². The lowest BCUT2D eigenvalue weighted by atomic mass is 10.1. The van der Waals surface area contributed by atoms with Crippen LogP contribution < -0.4 is 39.4 Å². The van der Waals surface area contributed by atoms with Crippen LogP contribution in [0.4, 0.5) is 28.4 Å². The van der Waals surface area contributed by atoms with Crippen molar-refractivity contribution in [3.05, 3.63) is 124 Å². The van der Waals surface area contributed by atoms with E-state index in [9.17, 15) is 14.4 Å². The van der Waals surface area contributed by atoms with E-state index in [4.69, 9.17) is 23.9 Å². The molecule has 0 spiro atoms. The van der Waals surface area contributed by atoms with Crippen LogP contribution in [0.2, 0.25) is 0 Å². The lowest BCUT2D eigenvalue weighted by Crippen LogP contribution is -2.39. The van der Waals surface area contributed by atoms with Gasteiger partial charge in [0.25, 0.3) is 11.8 Å². The van der Waals surface area contributed by atoms with E-state index < -0.39 is 4.75 Å². The number of hydrogen-bond acceptors (Lipinski definition) is 10. The van der Waals surface area contributed by atoms with Crippen LogP contribution in [0.1, 0.15) is 63.2 Å². The van der Waals surface area contributed by atoms with Crippen molar-refractivity contribution in [3.8, 4) is 23.0 Å². The van der Waals surface area contributed by atoms with Gasteiger partial charge in [0.1, 0.15) is 13.2 Å². The predicted molar refractivity (Wildman–Crippen MR) is 236 cm³/mol. The van der Waals surface area contributed by atoms with Crippen LogP contribution in [-0.2, 0) is 30.8 Å². The molecule has 5 aromatic carbocycles. The van der Waals surface area contributed by atoms with Gasteiger partial charge >= 0.3 is 0 Å². The van der Waals surface area contributed by atoms with E-state index in [0.717, 1.165) is 40.0 Å². The average molecular weight is 824 g/mol. The van der Waals surface area contributed by atoms with Gasteiger partial charge in [-0.2, -0.15) is 12.6 Å². The molecule has 3 amide bonds. The number of methoxy groups -OCH3 is 2. The average Bonchev–Trinajstić information content (AvgIpc) is 3.72. The minimum absolute atomic E-state index is 0.0127. The van der Waals surface area contributed by atoms with E-state index in [-0.39, 0.29) is 49.4 Å². The molecule has 0 aromatic heterocycles. The molecule has 0 bridgehead atoms. The van der Waals surface area contributed by atoms with Crippen LogP contribution in [0.3, 0.4) is 0 Å². The number of thiol groups is 1. The third-order valence-corrected chi connectivity index (χ3v) is 11.4. The molecule has 1 unspecified atom stereocenters. The van der Waals surface area contributed by atoms with E-state index >= 15 is 0 Å². The number of hydrogen-bond donors (Lipinski definition) is 3. The highest BCUT2D eigenvalue weighted by Gasteiger charge is 2.38. The molecule has 12 nitrogen and oxygen atoms in total. The molecule has 0 fully saturated rings. The summed E-state index contributed by atoms with van der Waals surface area (Å²) < 4.78 is 23.8. The molecule has 0 aliphatic carbocycles. The Morgan fingerprint density at radius 3 is 2.05 bits per heavy atom. The van der Waals surface area contributed by atoms with Crippen molar-refractivity contribution in [2.45, 2.75) is 63.2 Å². The Kier molecular flexibility index (Phi) is 10.2. The van der Waals surface area contributed by atoms with Crippen molar-refractivity contribution >= 4 is 65.0 Å². The van der Waals surface area contributed by atoms with E-state index in [1.54, 1.807) is 30.2 Å². The molecule has 13 heteroatoms. The van der Waals surface area contributed by atoms with Crippen LogP contribution in [0, 0.1) is 0 Å². The zero-order valence-corrected chi connectivity index (χ0v) is 34.7. The first kappa shape index (κ1) is 39.0. The molecule has 0 radical (unpaired) electrons. The lowest BCUT2D eigenvalue weighted by molar-refractivity contribution is -0.116. The molecular formula is C47H45N5O7S. The standard InChI is InChI=1S/C47H45N5O7S/c1-47(2,60)22-44(53)50-31-14-27(25-58-42-20-36-34(18-40(42)56-3)45(54)51-32(23-48-36)16-29-9-5-7-11-38(29)51)13-28(15-31)26-59-43-21-37-35(19-41(43)57-4)46(55)52-33(24-49-37)17-30-10-6-8-12-39(30)52/h5-15,18-21,23,32-33,49,60H,16-17,22,24-26H2,1-4H3,(H,50,53)/t32?,33-/m0/s1. The van der Waals surface area contributed by atoms with Crippen molar-refractivity contribution < 1.29 is 33.3 Å². The summed E-state index contributed by atoms with van der Waals surface area (Å²) in [6.45, 7) is 4.55. The van der Waals surface area contributed by atoms with Gasteiger partial charge in [-0.25, -0.2) is 0 Å². The first-order valence-corrected chi connectivity index (χ1v) is 20.4. The van der Waals surface area contributed by atoms with Gasteiger partial charge in [-0.1, -0.05) is 50.2 Å². The molecule has 60 heavy (non-hydrogen) atoms. The van der Waals surface area contributed by atoms with E-state index in [1.165, 1.54) is 7.11 Å². The number of ether oxygens (including phenoxy) is 4. The van der Waals surface area contributed by atoms with Crippen molar-refractivity contribution in [3.63, 3.8) is 0 Å². The lowest BCUT2D eigenvalue weighted by Gasteiger charge is -2.22.